The summed E-state index contributed by atoms with van der Waals surface area (Å²) in [6.07, 6.45) is 1.64. The highest BCUT2D eigenvalue weighted by Gasteiger charge is 2.12. The van der Waals surface area contributed by atoms with Crippen molar-refractivity contribution in [2.24, 2.45) is 0 Å². The van der Waals surface area contributed by atoms with Crippen molar-refractivity contribution in [3.63, 3.8) is 0 Å². The van der Waals surface area contributed by atoms with Crippen LogP contribution in [0.2, 0.25) is 0 Å². The Kier molecular flexibility index (Phi) is 3.75. The number of nitrogens with zero attached hydrogens (tertiary/aromatic N) is 2. The second kappa shape index (κ2) is 5.48. The minimum atomic E-state index is -0.203. The van der Waals surface area contributed by atoms with Crippen LogP contribution in [0.4, 0.5) is 11.5 Å². The second-order valence-corrected chi connectivity index (χ2v) is 4.19. The van der Waals surface area contributed by atoms with Gasteiger partial charge in [0.15, 0.2) is 0 Å². The number of amides is 1. The van der Waals surface area contributed by atoms with Crippen LogP contribution < -0.4 is 10.6 Å². The van der Waals surface area contributed by atoms with E-state index in [2.05, 4.69) is 20.6 Å². The first kappa shape index (κ1) is 13.0. The Morgan fingerprint density at radius 1 is 1.21 bits per heavy atom. The van der Waals surface area contributed by atoms with Gasteiger partial charge in [0.2, 0.25) is 0 Å². The van der Waals surface area contributed by atoms with Gasteiger partial charge < -0.3 is 10.6 Å². The SMILES string of the molecule is CNc1ncccc1C(=O)Nc1ccc(C)nc1C. The maximum atomic E-state index is 12.2. The van der Waals surface area contributed by atoms with E-state index in [1.54, 1.807) is 25.4 Å². The van der Waals surface area contributed by atoms with Gasteiger partial charge in [0.1, 0.15) is 5.82 Å². The number of anilines is 2. The molecule has 0 aliphatic rings. The van der Waals surface area contributed by atoms with Crippen LogP contribution in [0.25, 0.3) is 0 Å². The van der Waals surface area contributed by atoms with Gasteiger partial charge in [-0.1, -0.05) is 0 Å². The minimum Gasteiger partial charge on any atom is -0.372 e. The molecule has 19 heavy (non-hydrogen) atoms. The largest absolute Gasteiger partial charge is 0.372 e. The molecule has 98 valence electrons. The molecule has 5 nitrogen and oxygen atoms in total. The van der Waals surface area contributed by atoms with E-state index in [4.69, 9.17) is 0 Å². The van der Waals surface area contributed by atoms with E-state index in [-0.39, 0.29) is 5.91 Å². The van der Waals surface area contributed by atoms with Crippen LogP contribution in [0.5, 0.6) is 0 Å². The Hall–Kier alpha value is -2.43. The topological polar surface area (TPSA) is 66.9 Å². The highest BCUT2D eigenvalue weighted by Crippen LogP contribution is 2.16. The van der Waals surface area contributed by atoms with Gasteiger partial charge >= 0.3 is 0 Å². The van der Waals surface area contributed by atoms with Crippen molar-refractivity contribution in [2.75, 3.05) is 17.7 Å². The maximum Gasteiger partial charge on any atom is 0.259 e. The van der Waals surface area contributed by atoms with E-state index in [1.807, 2.05) is 26.0 Å². The van der Waals surface area contributed by atoms with Gasteiger partial charge in [0.25, 0.3) is 5.91 Å². The molecule has 0 aromatic carbocycles. The van der Waals surface area contributed by atoms with E-state index in [0.717, 1.165) is 11.4 Å². The zero-order chi connectivity index (χ0) is 13.8. The summed E-state index contributed by atoms with van der Waals surface area (Å²) in [5.41, 5.74) is 2.93. The third kappa shape index (κ3) is 2.88. The second-order valence-electron chi connectivity index (χ2n) is 4.19. The third-order valence-corrected chi connectivity index (χ3v) is 2.76. The van der Waals surface area contributed by atoms with Crippen LogP contribution in [0, 0.1) is 13.8 Å². The quantitative estimate of drug-likeness (QED) is 0.884. The van der Waals surface area contributed by atoms with Crippen LogP contribution >= 0.6 is 0 Å². The van der Waals surface area contributed by atoms with Crippen LogP contribution in [-0.2, 0) is 0 Å². The lowest BCUT2D eigenvalue weighted by molar-refractivity contribution is 0.102. The molecule has 0 saturated heterocycles. The van der Waals surface area contributed by atoms with Gasteiger partial charge in [0, 0.05) is 18.9 Å². The molecule has 2 aromatic heterocycles. The van der Waals surface area contributed by atoms with E-state index in [9.17, 15) is 4.79 Å². The molecule has 2 heterocycles. The van der Waals surface area contributed by atoms with Crippen molar-refractivity contribution in [1.29, 1.82) is 0 Å². The zero-order valence-corrected chi connectivity index (χ0v) is 11.2. The molecule has 5 heteroatoms. The summed E-state index contributed by atoms with van der Waals surface area (Å²) < 4.78 is 0. The van der Waals surface area contributed by atoms with E-state index in [1.165, 1.54) is 0 Å². The van der Waals surface area contributed by atoms with Crippen LogP contribution in [0.3, 0.4) is 0 Å². The number of aromatic nitrogens is 2. The van der Waals surface area contributed by atoms with Crippen molar-refractivity contribution in [1.82, 2.24) is 9.97 Å². The summed E-state index contributed by atoms with van der Waals surface area (Å²) in [5, 5.41) is 5.75. The lowest BCUT2D eigenvalue weighted by Gasteiger charge is -2.10. The van der Waals surface area contributed by atoms with Gasteiger partial charge in [0.05, 0.1) is 16.9 Å². The fourth-order valence-corrected chi connectivity index (χ4v) is 1.80. The number of hydrogen-bond donors (Lipinski definition) is 2. The molecular weight excluding hydrogens is 240 g/mol. The van der Waals surface area contributed by atoms with Crippen molar-refractivity contribution in [3.05, 3.63) is 47.4 Å². The van der Waals surface area contributed by atoms with Crippen molar-refractivity contribution < 1.29 is 4.79 Å². The highest BCUT2D eigenvalue weighted by molar-refractivity contribution is 6.07. The molecule has 0 atom stereocenters. The van der Waals surface area contributed by atoms with Crippen LogP contribution in [0.15, 0.2) is 30.5 Å². The molecule has 0 fully saturated rings. The first-order chi connectivity index (χ1) is 9.11. The summed E-state index contributed by atoms with van der Waals surface area (Å²) >= 11 is 0. The summed E-state index contributed by atoms with van der Waals surface area (Å²) in [7, 11) is 1.73. The number of aryl methyl sites for hydroxylation is 2. The first-order valence-electron chi connectivity index (χ1n) is 6.00. The maximum absolute atomic E-state index is 12.2. The summed E-state index contributed by atoms with van der Waals surface area (Å²) in [4.78, 5) is 20.6. The average Bonchev–Trinajstić information content (AvgIpc) is 2.41. The molecule has 0 spiro atoms. The number of carbonyl (C=O) groups is 1. The minimum absolute atomic E-state index is 0.203. The normalized spacial score (nSPS) is 10.1. The molecule has 0 radical (unpaired) electrons. The highest BCUT2D eigenvalue weighted by atomic mass is 16.1. The fourth-order valence-electron chi connectivity index (χ4n) is 1.80. The van der Waals surface area contributed by atoms with Gasteiger partial charge in [-0.3, -0.25) is 9.78 Å². The molecule has 2 N–H and O–H groups in total. The summed E-state index contributed by atoms with van der Waals surface area (Å²) in [6, 6.07) is 7.18. The Morgan fingerprint density at radius 3 is 2.68 bits per heavy atom. The molecule has 0 aliphatic carbocycles. The number of hydrogen-bond acceptors (Lipinski definition) is 4. The Morgan fingerprint density at radius 2 is 2.00 bits per heavy atom. The number of carbonyl (C=O) groups excluding carboxylic acids is 1. The monoisotopic (exact) mass is 256 g/mol. The van der Waals surface area contributed by atoms with Crippen molar-refractivity contribution in [3.8, 4) is 0 Å². The average molecular weight is 256 g/mol. The van der Waals surface area contributed by atoms with Gasteiger partial charge in [-0.05, 0) is 38.1 Å². The van der Waals surface area contributed by atoms with Crippen molar-refractivity contribution in [2.45, 2.75) is 13.8 Å². The number of nitrogens with one attached hydrogen (secondary N) is 2. The van der Waals surface area contributed by atoms with E-state index >= 15 is 0 Å². The van der Waals surface area contributed by atoms with Crippen molar-refractivity contribution >= 4 is 17.4 Å². The zero-order valence-electron chi connectivity index (χ0n) is 11.2. The lowest BCUT2D eigenvalue weighted by atomic mass is 10.2. The van der Waals surface area contributed by atoms with E-state index < -0.39 is 0 Å². The Labute approximate surface area is 112 Å². The Balaban J connectivity index is 2.26. The molecular formula is C14H16N4O. The molecule has 1 amide bonds. The Bertz CT molecular complexity index is 610. The predicted molar refractivity (Wildman–Crippen MR) is 75.4 cm³/mol. The molecule has 2 aromatic rings. The standard InChI is InChI=1S/C14H16N4O/c1-9-6-7-12(10(2)17-9)18-14(19)11-5-4-8-16-13(11)15-3/h4-8H,1-3H3,(H,15,16)(H,18,19). The fraction of sp³-hybridized carbons (Fsp3) is 0.214. The van der Waals surface area contributed by atoms with Gasteiger partial charge in [-0.2, -0.15) is 0 Å². The first-order valence-corrected chi connectivity index (χ1v) is 6.00. The van der Waals surface area contributed by atoms with E-state index in [0.29, 0.717) is 17.1 Å². The van der Waals surface area contributed by atoms with Gasteiger partial charge in [-0.15, -0.1) is 0 Å². The lowest BCUT2D eigenvalue weighted by Crippen LogP contribution is -2.15. The van der Waals surface area contributed by atoms with Crippen LogP contribution in [-0.4, -0.2) is 22.9 Å². The smallest absolute Gasteiger partial charge is 0.259 e. The third-order valence-electron chi connectivity index (χ3n) is 2.76. The molecule has 0 bridgehead atoms. The molecule has 0 saturated carbocycles. The van der Waals surface area contributed by atoms with Crippen LogP contribution in [0.1, 0.15) is 21.7 Å². The molecule has 0 aliphatic heterocycles. The predicted octanol–water partition coefficient (Wildman–Crippen LogP) is 2.39. The molecule has 2 rings (SSSR count). The number of rotatable bonds is 3. The van der Waals surface area contributed by atoms with Gasteiger partial charge in [-0.25, -0.2) is 4.98 Å². The molecule has 0 unspecified atom stereocenters. The summed E-state index contributed by atoms with van der Waals surface area (Å²) in [6.45, 7) is 3.78. The number of pyridine rings is 2. The summed E-state index contributed by atoms with van der Waals surface area (Å²) in [5.74, 6) is 0.351.